The monoisotopic (exact) mass is 138 g/mol. The summed E-state index contributed by atoms with van der Waals surface area (Å²) in [5.74, 6) is 0. The molecule has 1 unspecified atom stereocenters. The Kier molecular flexibility index (Phi) is 3.33. The summed E-state index contributed by atoms with van der Waals surface area (Å²) >= 11 is -2.24. The number of aliphatic hydroxyl groups excluding tert-OH is 1. The predicted molar refractivity (Wildman–Crippen MR) is 29.5 cm³/mol. The van der Waals surface area contributed by atoms with Crippen LogP contribution in [0, 0.1) is 0 Å². The van der Waals surface area contributed by atoms with Crippen LogP contribution in [-0.4, -0.2) is 25.8 Å². The van der Waals surface area contributed by atoms with Crippen LogP contribution in [0.4, 0.5) is 0 Å². The summed E-state index contributed by atoms with van der Waals surface area (Å²) in [7, 11) is 0. The van der Waals surface area contributed by atoms with Gasteiger partial charge in [-0.3, -0.25) is 4.55 Å². The Morgan fingerprint density at radius 2 is 2.38 bits per heavy atom. The Hall–Kier alpha value is -0.460. The maximum Gasteiger partial charge on any atom is 0.222 e. The first-order valence-corrected chi connectivity index (χ1v) is 2.80. The third-order valence-corrected chi connectivity index (χ3v) is 0.892. The van der Waals surface area contributed by atoms with Crippen LogP contribution in [0.1, 0.15) is 0 Å². The molecule has 0 bridgehead atoms. The highest BCUT2D eigenvalue weighted by atomic mass is 32.2. The lowest BCUT2D eigenvalue weighted by Gasteiger charge is -1.87. The Morgan fingerprint density at radius 3 is 2.50 bits per heavy atom. The molecule has 0 radical (unpaired) electrons. The van der Waals surface area contributed by atoms with Crippen molar-refractivity contribution in [2.75, 3.05) is 6.73 Å². The van der Waals surface area contributed by atoms with Crippen molar-refractivity contribution in [1.82, 2.24) is 0 Å². The second-order valence-electron chi connectivity index (χ2n) is 0.887. The van der Waals surface area contributed by atoms with Crippen molar-refractivity contribution in [3.63, 3.8) is 0 Å². The Labute approximate surface area is 48.5 Å². The SMILES string of the molecule is N/C(=N\CO)S(=O)O. The Balaban J connectivity index is 3.80. The van der Waals surface area contributed by atoms with Crippen molar-refractivity contribution in [3.8, 4) is 0 Å². The molecule has 0 fully saturated rings. The van der Waals surface area contributed by atoms with E-state index < -0.39 is 23.0 Å². The zero-order chi connectivity index (χ0) is 6.57. The fraction of sp³-hybridized carbons (Fsp3) is 0.500. The molecule has 0 aromatic carbocycles. The van der Waals surface area contributed by atoms with Crippen LogP contribution in [0.2, 0.25) is 0 Å². The Bertz CT molecular complexity index is 122. The summed E-state index contributed by atoms with van der Waals surface area (Å²) in [6.07, 6.45) is 0. The lowest BCUT2D eigenvalue weighted by atomic mass is 11.2. The maximum absolute atomic E-state index is 9.83. The molecule has 0 aromatic rings. The quantitative estimate of drug-likeness (QED) is 0.233. The number of rotatable bonds is 1. The second-order valence-corrected chi connectivity index (χ2v) is 1.80. The molecule has 0 amide bonds. The number of hydrogen-bond acceptors (Lipinski definition) is 3. The lowest BCUT2D eigenvalue weighted by molar-refractivity contribution is 0.309. The lowest BCUT2D eigenvalue weighted by Crippen LogP contribution is -2.17. The Morgan fingerprint density at radius 1 is 1.88 bits per heavy atom. The van der Waals surface area contributed by atoms with Gasteiger partial charge in [0.15, 0.2) is 0 Å². The number of nitrogens with two attached hydrogens (primary N) is 1. The molecule has 0 saturated heterocycles. The molecule has 0 aliphatic heterocycles. The highest BCUT2D eigenvalue weighted by Gasteiger charge is 1.95. The van der Waals surface area contributed by atoms with E-state index in [2.05, 4.69) is 4.99 Å². The third-order valence-electron chi connectivity index (χ3n) is 0.405. The minimum Gasteiger partial charge on any atom is -0.374 e. The molecule has 5 nitrogen and oxygen atoms in total. The normalized spacial score (nSPS) is 16.0. The molecule has 0 aromatic heterocycles. The number of amidine groups is 1. The number of hydrogen-bond donors (Lipinski definition) is 3. The summed E-state index contributed by atoms with van der Waals surface area (Å²) in [6, 6.07) is 0. The van der Waals surface area contributed by atoms with E-state index >= 15 is 0 Å². The van der Waals surface area contributed by atoms with E-state index in [1.54, 1.807) is 0 Å². The summed E-state index contributed by atoms with van der Waals surface area (Å²) in [5.41, 5.74) is 4.77. The molecule has 0 aliphatic rings. The molecule has 0 heterocycles. The van der Waals surface area contributed by atoms with Gasteiger partial charge in [-0.2, -0.15) is 0 Å². The smallest absolute Gasteiger partial charge is 0.222 e. The summed E-state index contributed by atoms with van der Waals surface area (Å²) in [5, 5.41) is 7.51. The number of nitrogens with zero attached hydrogens (tertiary/aromatic N) is 1. The average Bonchev–Trinajstić information content (AvgIpc) is 1.67. The van der Waals surface area contributed by atoms with Crippen LogP contribution >= 0.6 is 0 Å². The highest BCUT2D eigenvalue weighted by molar-refractivity contribution is 7.95. The van der Waals surface area contributed by atoms with Crippen molar-refractivity contribution in [2.45, 2.75) is 0 Å². The van der Waals surface area contributed by atoms with Crippen LogP contribution in [0.3, 0.4) is 0 Å². The predicted octanol–water partition coefficient (Wildman–Crippen LogP) is -1.53. The molecular formula is C2H6N2O3S. The van der Waals surface area contributed by atoms with E-state index in [1.807, 2.05) is 0 Å². The van der Waals surface area contributed by atoms with Gasteiger partial charge in [0.25, 0.3) is 0 Å². The maximum atomic E-state index is 9.83. The van der Waals surface area contributed by atoms with Gasteiger partial charge in [-0.05, 0) is 0 Å². The van der Waals surface area contributed by atoms with Crippen molar-refractivity contribution >= 4 is 16.2 Å². The van der Waals surface area contributed by atoms with Gasteiger partial charge in [0.2, 0.25) is 16.2 Å². The van der Waals surface area contributed by atoms with Crippen LogP contribution < -0.4 is 5.73 Å². The highest BCUT2D eigenvalue weighted by Crippen LogP contribution is 1.72. The first-order chi connectivity index (χ1) is 3.68. The third kappa shape index (κ3) is 2.67. The van der Waals surface area contributed by atoms with Crippen LogP contribution in [0.25, 0.3) is 0 Å². The molecule has 0 saturated carbocycles. The van der Waals surface area contributed by atoms with Gasteiger partial charge in [0.1, 0.15) is 6.73 Å². The number of aliphatic imine (C=N–C) groups is 1. The fourth-order valence-electron chi connectivity index (χ4n) is 0.125. The van der Waals surface area contributed by atoms with Gasteiger partial charge >= 0.3 is 0 Å². The van der Waals surface area contributed by atoms with Gasteiger partial charge in [-0.25, -0.2) is 9.20 Å². The summed E-state index contributed by atoms with van der Waals surface area (Å²) in [4.78, 5) is 3.02. The van der Waals surface area contributed by atoms with E-state index in [4.69, 9.17) is 15.4 Å². The first kappa shape index (κ1) is 7.54. The van der Waals surface area contributed by atoms with Crippen LogP contribution in [-0.2, 0) is 11.1 Å². The average molecular weight is 138 g/mol. The molecule has 0 rings (SSSR count). The van der Waals surface area contributed by atoms with E-state index in [9.17, 15) is 4.21 Å². The minimum absolute atomic E-state index is 0.465. The van der Waals surface area contributed by atoms with Crippen molar-refractivity contribution in [3.05, 3.63) is 0 Å². The van der Waals surface area contributed by atoms with Gasteiger partial charge in [0.05, 0.1) is 0 Å². The van der Waals surface area contributed by atoms with Gasteiger partial charge in [0, 0.05) is 0 Å². The molecule has 1 atom stereocenters. The van der Waals surface area contributed by atoms with Crippen molar-refractivity contribution in [1.29, 1.82) is 0 Å². The minimum atomic E-state index is -2.24. The van der Waals surface area contributed by atoms with E-state index in [1.165, 1.54) is 0 Å². The topological polar surface area (TPSA) is 95.9 Å². The van der Waals surface area contributed by atoms with Crippen LogP contribution in [0.5, 0.6) is 0 Å². The first-order valence-electron chi connectivity index (χ1n) is 1.70. The van der Waals surface area contributed by atoms with Crippen LogP contribution in [0.15, 0.2) is 4.99 Å². The molecule has 0 aliphatic carbocycles. The zero-order valence-corrected chi connectivity index (χ0v) is 4.76. The largest absolute Gasteiger partial charge is 0.374 e. The van der Waals surface area contributed by atoms with Gasteiger partial charge < -0.3 is 10.8 Å². The van der Waals surface area contributed by atoms with Crippen molar-refractivity contribution in [2.24, 2.45) is 10.7 Å². The van der Waals surface area contributed by atoms with Crippen molar-refractivity contribution < 1.29 is 13.9 Å². The standard InChI is InChI=1S/C2H6N2O3S/c3-2(4-1-5)8(6)7/h5H,1H2,(H2,3,4)(H,6,7). The molecule has 4 N–H and O–H groups in total. The number of aliphatic hydroxyl groups is 1. The summed E-state index contributed by atoms with van der Waals surface area (Å²) in [6.45, 7) is -0.557. The van der Waals surface area contributed by atoms with Gasteiger partial charge in [-0.1, -0.05) is 0 Å². The molecular weight excluding hydrogens is 132 g/mol. The fourth-order valence-corrected chi connectivity index (χ4v) is 0.293. The van der Waals surface area contributed by atoms with E-state index in [0.29, 0.717) is 0 Å². The molecule has 8 heavy (non-hydrogen) atoms. The van der Waals surface area contributed by atoms with E-state index in [0.717, 1.165) is 0 Å². The molecule has 0 spiro atoms. The molecule has 6 heteroatoms. The summed E-state index contributed by atoms with van der Waals surface area (Å²) < 4.78 is 17.9. The van der Waals surface area contributed by atoms with Gasteiger partial charge in [-0.15, -0.1) is 0 Å². The second kappa shape index (κ2) is 3.53. The van der Waals surface area contributed by atoms with E-state index in [-0.39, 0.29) is 0 Å². The zero-order valence-electron chi connectivity index (χ0n) is 3.94. The molecule has 48 valence electrons.